The summed E-state index contributed by atoms with van der Waals surface area (Å²) in [6, 6.07) is 18.7. The van der Waals surface area contributed by atoms with Crippen molar-refractivity contribution >= 4 is 35.0 Å². The van der Waals surface area contributed by atoms with E-state index >= 15 is 0 Å². The maximum Gasteiger partial charge on any atom is 0.250 e. The second kappa shape index (κ2) is 11.6. The Bertz CT molecular complexity index is 1310. The molecule has 0 bridgehead atoms. The molecule has 0 aliphatic carbocycles. The van der Waals surface area contributed by atoms with Crippen LogP contribution < -0.4 is 10.2 Å². The number of hydrazone groups is 1. The molecule has 4 aromatic rings. The van der Waals surface area contributed by atoms with Crippen molar-refractivity contribution in [3.63, 3.8) is 0 Å². The Labute approximate surface area is 212 Å². The molecule has 2 aromatic heterocycles. The van der Waals surface area contributed by atoms with E-state index in [1.807, 2.05) is 66.9 Å². The quantitative estimate of drug-likeness (QED) is 0.195. The Morgan fingerprint density at radius 3 is 2.46 bits per heavy atom. The van der Waals surface area contributed by atoms with Gasteiger partial charge in [0, 0.05) is 34.2 Å². The molecule has 1 amide bonds. The van der Waals surface area contributed by atoms with Crippen molar-refractivity contribution in [1.29, 1.82) is 0 Å². The Balaban J connectivity index is 1.55. The van der Waals surface area contributed by atoms with Crippen LogP contribution in [0.25, 0.3) is 17.1 Å². The van der Waals surface area contributed by atoms with E-state index in [2.05, 4.69) is 25.7 Å². The first kappa shape index (κ1) is 24.4. The normalized spacial score (nSPS) is 11.3. The van der Waals surface area contributed by atoms with Gasteiger partial charge in [0.15, 0.2) is 11.0 Å². The number of carbonyl (C=O) groups excluding carboxylic acids is 1. The summed E-state index contributed by atoms with van der Waals surface area (Å²) in [5.41, 5.74) is 5.87. The molecule has 0 saturated carbocycles. The summed E-state index contributed by atoms with van der Waals surface area (Å²) in [5.74, 6) is 1.27. The summed E-state index contributed by atoms with van der Waals surface area (Å²) in [4.78, 5) is 16.5. The SMILES string of the molecule is CCOc1ccc(-n2c(SCC(=O)N/N=C(/C)c3ccncc3)nnc2-c2ccc(Cl)cc2)cc1. The number of ether oxygens (including phenoxy) is 1. The van der Waals surface area contributed by atoms with E-state index in [1.54, 1.807) is 24.5 Å². The van der Waals surface area contributed by atoms with E-state index in [4.69, 9.17) is 16.3 Å². The third-order valence-electron chi connectivity index (χ3n) is 4.92. The number of pyridine rings is 1. The summed E-state index contributed by atoms with van der Waals surface area (Å²) < 4.78 is 7.47. The van der Waals surface area contributed by atoms with Gasteiger partial charge < -0.3 is 4.74 Å². The molecular weight excluding hydrogens is 484 g/mol. The van der Waals surface area contributed by atoms with Crippen LogP contribution >= 0.6 is 23.4 Å². The van der Waals surface area contributed by atoms with Gasteiger partial charge in [0.2, 0.25) is 0 Å². The molecular formula is C25H23ClN6O2S. The number of thioether (sulfide) groups is 1. The molecule has 0 aliphatic rings. The lowest BCUT2D eigenvalue weighted by molar-refractivity contribution is -0.118. The highest BCUT2D eigenvalue weighted by molar-refractivity contribution is 7.99. The third kappa shape index (κ3) is 6.26. The molecule has 0 radical (unpaired) electrons. The van der Waals surface area contributed by atoms with Crippen molar-refractivity contribution in [3.05, 3.63) is 83.6 Å². The molecule has 0 saturated heterocycles. The van der Waals surface area contributed by atoms with Crippen LogP contribution in [0.2, 0.25) is 5.02 Å². The van der Waals surface area contributed by atoms with Gasteiger partial charge in [0.1, 0.15) is 5.75 Å². The maximum atomic E-state index is 12.5. The minimum Gasteiger partial charge on any atom is -0.494 e. The first-order chi connectivity index (χ1) is 17.0. The first-order valence-electron chi connectivity index (χ1n) is 10.9. The van der Waals surface area contributed by atoms with Gasteiger partial charge in [-0.3, -0.25) is 14.3 Å². The third-order valence-corrected chi connectivity index (χ3v) is 6.10. The van der Waals surface area contributed by atoms with E-state index < -0.39 is 0 Å². The highest BCUT2D eigenvalue weighted by Gasteiger charge is 2.17. The van der Waals surface area contributed by atoms with E-state index in [0.717, 1.165) is 22.6 Å². The number of carbonyl (C=O) groups is 1. The standard InChI is InChI=1S/C25H23ClN6O2S/c1-3-34-22-10-8-21(9-11-22)32-24(19-4-6-20(26)7-5-19)30-31-25(32)35-16-23(33)29-28-17(2)18-12-14-27-15-13-18/h4-15H,3,16H2,1-2H3,(H,29,33)/b28-17-. The van der Waals surface area contributed by atoms with Crippen LogP contribution in [-0.2, 0) is 4.79 Å². The minimum absolute atomic E-state index is 0.114. The highest BCUT2D eigenvalue weighted by atomic mass is 35.5. The molecule has 0 fully saturated rings. The molecule has 0 aliphatic heterocycles. The number of benzene rings is 2. The van der Waals surface area contributed by atoms with Gasteiger partial charge >= 0.3 is 0 Å². The maximum absolute atomic E-state index is 12.5. The Kier molecular flexibility index (Phi) is 8.12. The van der Waals surface area contributed by atoms with Gasteiger partial charge in [-0.05, 0) is 74.5 Å². The predicted molar refractivity (Wildman–Crippen MR) is 138 cm³/mol. The summed E-state index contributed by atoms with van der Waals surface area (Å²) >= 11 is 7.34. The first-order valence-corrected chi connectivity index (χ1v) is 12.2. The van der Waals surface area contributed by atoms with Crippen LogP contribution in [0.15, 0.2) is 83.3 Å². The summed E-state index contributed by atoms with van der Waals surface area (Å²) in [7, 11) is 0. The van der Waals surface area contributed by atoms with E-state index in [1.165, 1.54) is 11.8 Å². The lowest BCUT2D eigenvalue weighted by atomic mass is 10.2. The highest BCUT2D eigenvalue weighted by Crippen LogP contribution is 2.29. The fourth-order valence-electron chi connectivity index (χ4n) is 3.21. The number of hydrogen-bond acceptors (Lipinski definition) is 7. The van der Waals surface area contributed by atoms with Crippen LogP contribution in [-0.4, -0.2) is 43.7 Å². The zero-order valence-corrected chi connectivity index (χ0v) is 20.8. The molecule has 2 heterocycles. The lowest BCUT2D eigenvalue weighted by Crippen LogP contribution is -2.21. The minimum atomic E-state index is -0.252. The predicted octanol–water partition coefficient (Wildman–Crippen LogP) is 5.01. The second-order valence-corrected chi connectivity index (χ2v) is 8.71. The van der Waals surface area contributed by atoms with Crippen LogP contribution in [0, 0.1) is 0 Å². The number of rotatable bonds is 9. The van der Waals surface area contributed by atoms with Crippen molar-refractivity contribution in [3.8, 4) is 22.8 Å². The number of nitrogens with zero attached hydrogens (tertiary/aromatic N) is 5. The van der Waals surface area contributed by atoms with Crippen LogP contribution in [0.1, 0.15) is 19.4 Å². The summed E-state index contributed by atoms with van der Waals surface area (Å²) in [5, 5.41) is 14.1. The molecule has 35 heavy (non-hydrogen) atoms. The van der Waals surface area contributed by atoms with E-state index in [-0.39, 0.29) is 11.7 Å². The fraction of sp³-hybridized carbons (Fsp3) is 0.160. The molecule has 8 nitrogen and oxygen atoms in total. The van der Waals surface area contributed by atoms with Crippen molar-refractivity contribution in [2.75, 3.05) is 12.4 Å². The van der Waals surface area contributed by atoms with Gasteiger partial charge in [0.05, 0.1) is 18.1 Å². The summed E-state index contributed by atoms with van der Waals surface area (Å²) in [6.07, 6.45) is 3.36. The monoisotopic (exact) mass is 506 g/mol. The second-order valence-electron chi connectivity index (χ2n) is 7.33. The summed E-state index contributed by atoms with van der Waals surface area (Å²) in [6.45, 7) is 4.35. The van der Waals surface area contributed by atoms with Gasteiger partial charge in [-0.15, -0.1) is 10.2 Å². The number of amides is 1. The number of nitrogens with one attached hydrogen (secondary N) is 1. The van der Waals surface area contributed by atoms with Gasteiger partial charge in [-0.2, -0.15) is 5.10 Å². The fourth-order valence-corrected chi connectivity index (χ4v) is 4.08. The Morgan fingerprint density at radius 1 is 1.06 bits per heavy atom. The molecule has 0 unspecified atom stereocenters. The lowest BCUT2D eigenvalue weighted by Gasteiger charge is -2.11. The molecule has 1 N–H and O–H groups in total. The van der Waals surface area contributed by atoms with Crippen molar-refractivity contribution in [1.82, 2.24) is 25.2 Å². The molecule has 0 spiro atoms. The molecule has 4 rings (SSSR count). The average Bonchev–Trinajstić information content (AvgIpc) is 3.31. The molecule has 178 valence electrons. The van der Waals surface area contributed by atoms with Crippen LogP contribution in [0.5, 0.6) is 5.75 Å². The van der Waals surface area contributed by atoms with Crippen LogP contribution in [0.4, 0.5) is 0 Å². The van der Waals surface area contributed by atoms with E-state index in [0.29, 0.717) is 28.3 Å². The zero-order chi connectivity index (χ0) is 24.6. The molecule has 10 heteroatoms. The number of halogens is 1. The smallest absolute Gasteiger partial charge is 0.250 e. The van der Waals surface area contributed by atoms with Gasteiger partial charge in [0.25, 0.3) is 5.91 Å². The van der Waals surface area contributed by atoms with E-state index in [9.17, 15) is 4.79 Å². The average molecular weight is 507 g/mol. The number of hydrogen-bond donors (Lipinski definition) is 1. The van der Waals surface area contributed by atoms with Gasteiger partial charge in [-0.1, -0.05) is 23.4 Å². The Morgan fingerprint density at radius 2 is 1.77 bits per heavy atom. The van der Waals surface area contributed by atoms with Crippen LogP contribution in [0.3, 0.4) is 0 Å². The zero-order valence-electron chi connectivity index (χ0n) is 19.2. The molecule has 0 atom stereocenters. The number of aromatic nitrogens is 4. The van der Waals surface area contributed by atoms with Crippen molar-refractivity contribution in [2.45, 2.75) is 19.0 Å². The largest absolute Gasteiger partial charge is 0.494 e. The Hall–Kier alpha value is -3.69. The molecule has 2 aromatic carbocycles. The van der Waals surface area contributed by atoms with Crippen molar-refractivity contribution in [2.24, 2.45) is 5.10 Å². The topological polar surface area (TPSA) is 94.3 Å². The van der Waals surface area contributed by atoms with Crippen molar-refractivity contribution < 1.29 is 9.53 Å². The van der Waals surface area contributed by atoms with Gasteiger partial charge in [-0.25, -0.2) is 5.43 Å².